The van der Waals surface area contributed by atoms with Crippen LogP contribution in [0.5, 0.6) is 0 Å². The van der Waals surface area contributed by atoms with Gasteiger partial charge < -0.3 is 9.47 Å². The fraction of sp³-hybridized carbons (Fsp3) is 0.0323. The smallest absolute Gasteiger partial charge is 0.113 e. The van der Waals surface area contributed by atoms with Crippen molar-refractivity contribution in [1.82, 2.24) is 4.57 Å². The van der Waals surface area contributed by atoms with Gasteiger partial charge >= 0.3 is 0 Å². The molecule has 0 unspecified atom stereocenters. The average molecular weight is 847 g/mol. The molecule has 308 valence electrons. The highest BCUT2D eigenvalue weighted by atomic mass is 28.3. The molecule has 65 heavy (non-hydrogen) atoms. The van der Waals surface area contributed by atoms with E-state index in [1.807, 2.05) is 0 Å². The van der Waals surface area contributed by atoms with Crippen molar-refractivity contribution in [3.63, 3.8) is 0 Å². The molecular formula is C62H46N2Si. The Hall–Kier alpha value is -7.98. The second-order valence-electron chi connectivity index (χ2n) is 17.8. The number of fused-ring (bicyclic) bond motifs is 6. The molecule has 0 spiro atoms. The number of benzene rings is 10. The van der Waals surface area contributed by atoms with Gasteiger partial charge in [-0.3, -0.25) is 0 Å². The number of anilines is 3. The van der Waals surface area contributed by atoms with Gasteiger partial charge in [-0.1, -0.05) is 183 Å². The van der Waals surface area contributed by atoms with E-state index in [2.05, 4.69) is 265 Å². The van der Waals surface area contributed by atoms with Crippen molar-refractivity contribution in [3.8, 4) is 61.3 Å². The maximum atomic E-state index is 2.50. The van der Waals surface area contributed by atoms with Gasteiger partial charge in [0.05, 0.1) is 11.0 Å². The molecule has 0 aliphatic carbocycles. The van der Waals surface area contributed by atoms with Gasteiger partial charge in [0, 0.05) is 33.5 Å². The lowest BCUT2D eigenvalue weighted by atomic mass is 9.98. The van der Waals surface area contributed by atoms with Crippen LogP contribution in [0.2, 0.25) is 13.1 Å². The normalized spacial score (nSPS) is 12.6. The molecule has 0 saturated carbocycles. The predicted molar refractivity (Wildman–Crippen MR) is 279 cm³/mol. The van der Waals surface area contributed by atoms with E-state index in [1.165, 1.54) is 87.8 Å². The first kappa shape index (κ1) is 38.7. The van der Waals surface area contributed by atoms with E-state index < -0.39 is 8.07 Å². The number of aromatic nitrogens is 1. The zero-order chi connectivity index (χ0) is 43.5. The van der Waals surface area contributed by atoms with Crippen molar-refractivity contribution in [2.24, 2.45) is 0 Å². The summed E-state index contributed by atoms with van der Waals surface area (Å²) in [6, 6.07) is 89.1. The largest absolute Gasteiger partial charge is 0.311 e. The topological polar surface area (TPSA) is 8.17 Å². The van der Waals surface area contributed by atoms with Crippen LogP contribution >= 0.6 is 0 Å². The molecular weight excluding hydrogens is 801 g/mol. The minimum Gasteiger partial charge on any atom is -0.311 e. The Morgan fingerprint density at radius 3 is 1.20 bits per heavy atom. The minimum atomic E-state index is -1.82. The van der Waals surface area contributed by atoms with Crippen LogP contribution in [0.25, 0.3) is 83.1 Å². The minimum absolute atomic E-state index is 1.10. The van der Waals surface area contributed by atoms with E-state index in [9.17, 15) is 0 Å². The molecule has 2 heterocycles. The average Bonchev–Trinajstić information content (AvgIpc) is 3.82. The summed E-state index contributed by atoms with van der Waals surface area (Å²) >= 11 is 0. The number of rotatable bonds is 8. The van der Waals surface area contributed by atoms with Crippen molar-refractivity contribution < 1.29 is 0 Å². The number of nitrogens with zero attached hydrogens (tertiary/aromatic N) is 2. The maximum absolute atomic E-state index is 2.50. The van der Waals surface area contributed by atoms with Crippen LogP contribution in [0.15, 0.2) is 243 Å². The molecule has 10 aromatic carbocycles. The van der Waals surface area contributed by atoms with E-state index in [4.69, 9.17) is 0 Å². The summed E-state index contributed by atoms with van der Waals surface area (Å²) in [5.74, 6) is 0. The van der Waals surface area contributed by atoms with Crippen molar-refractivity contribution >= 4 is 57.3 Å². The first-order valence-electron chi connectivity index (χ1n) is 22.6. The molecule has 1 aromatic heterocycles. The van der Waals surface area contributed by atoms with E-state index in [-0.39, 0.29) is 0 Å². The van der Waals surface area contributed by atoms with Gasteiger partial charge in [-0.15, -0.1) is 0 Å². The lowest BCUT2D eigenvalue weighted by Crippen LogP contribution is -2.49. The third kappa shape index (κ3) is 6.71. The highest BCUT2D eigenvalue weighted by molar-refractivity contribution is 7.03. The Kier molecular flexibility index (Phi) is 9.32. The monoisotopic (exact) mass is 846 g/mol. The first-order chi connectivity index (χ1) is 32.0. The third-order valence-electron chi connectivity index (χ3n) is 13.6. The highest BCUT2D eigenvalue weighted by Gasteiger charge is 2.37. The number of hydrogen-bond acceptors (Lipinski definition) is 1. The molecule has 0 N–H and O–H groups in total. The maximum Gasteiger partial charge on any atom is 0.113 e. The Labute approximate surface area is 382 Å². The quantitative estimate of drug-likeness (QED) is 0.138. The lowest BCUT2D eigenvalue weighted by Gasteiger charge is -2.26. The van der Waals surface area contributed by atoms with Crippen molar-refractivity contribution in [1.29, 1.82) is 0 Å². The molecule has 12 rings (SSSR count). The Morgan fingerprint density at radius 2 is 0.677 bits per heavy atom. The molecule has 1 aliphatic heterocycles. The van der Waals surface area contributed by atoms with Crippen LogP contribution in [0.1, 0.15) is 0 Å². The molecule has 0 atom stereocenters. The second kappa shape index (κ2) is 15.7. The molecule has 11 aromatic rings. The molecule has 1 aliphatic rings. The summed E-state index contributed by atoms with van der Waals surface area (Å²) in [6.45, 7) is 4.99. The van der Waals surface area contributed by atoms with Crippen LogP contribution in [-0.4, -0.2) is 12.6 Å². The fourth-order valence-corrected chi connectivity index (χ4v) is 13.3. The van der Waals surface area contributed by atoms with Crippen molar-refractivity contribution in [2.45, 2.75) is 13.1 Å². The van der Waals surface area contributed by atoms with E-state index in [1.54, 1.807) is 0 Å². The zero-order valence-corrected chi connectivity index (χ0v) is 37.5. The third-order valence-corrected chi connectivity index (χ3v) is 17.2. The standard InChI is InChI=1S/C62H46N2Si/c1-65(2)61-21-13-12-20-55(61)56-37-28-50(42-62(56)65)49-30-39-60-58(41-49)57-40-48(29-38-59(57)64(60)51-18-10-5-11-19-51)47-26-35-54(36-27-47)63(52-31-22-45(23-32-52)43-14-6-3-7-15-43)53-33-24-46(25-34-53)44-16-8-4-9-17-44/h3-42H,1-2H3. The van der Waals surface area contributed by atoms with Gasteiger partial charge in [0.25, 0.3) is 0 Å². The molecule has 3 heteroatoms. The molecule has 0 bridgehead atoms. The van der Waals surface area contributed by atoms with Gasteiger partial charge in [-0.2, -0.15) is 0 Å². The molecule has 0 fully saturated rings. The summed E-state index contributed by atoms with van der Waals surface area (Å²) in [5.41, 5.74) is 19.4. The van der Waals surface area contributed by atoms with Gasteiger partial charge in [0.2, 0.25) is 0 Å². The summed E-state index contributed by atoms with van der Waals surface area (Å²) in [4.78, 5) is 2.35. The predicted octanol–water partition coefficient (Wildman–Crippen LogP) is 15.7. The van der Waals surface area contributed by atoms with Crippen molar-refractivity contribution in [3.05, 3.63) is 243 Å². The number of hydrogen-bond donors (Lipinski definition) is 0. The Balaban J connectivity index is 0.940. The SMILES string of the molecule is C[Si]1(C)c2ccccc2-c2ccc(-c3ccc4c(c3)c3cc(-c5ccc(N(c6ccc(-c7ccccc7)cc6)c6ccc(-c7ccccc7)cc6)cc5)ccc3n4-c3ccccc3)cc21. The van der Waals surface area contributed by atoms with Crippen LogP contribution in [-0.2, 0) is 0 Å². The number of para-hydroxylation sites is 1. The Bertz CT molecular complexity index is 3440. The summed E-state index contributed by atoms with van der Waals surface area (Å²) in [6.07, 6.45) is 0. The Morgan fingerprint density at radius 1 is 0.308 bits per heavy atom. The van der Waals surface area contributed by atoms with Crippen LogP contribution in [0, 0.1) is 0 Å². The summed E-state index contributed by atoms with van der Waals surface area (Å²) in [7, 11) is -1.82. The fourth-order valence-electron chi connectivity index (χ4n) is 10.2. The van der Waals surface area contributed by atoms with Gasteiger partial charge in [0.15, 0.2) is 0 Å². The highest BCUT2D eigenvalue weighted by Crippen LogP contribution is 2.41. The molecule has 2 nitrogen and oxygen atoms in total. The summed E-state index contributed by atoms with van der Waals surface area (Å²) in [5, 5.41) is 5.57. The second-order valence-corrected chi connectivity index (χ2v) is 22.1. The van der Waals surface area contributed by atoms with E-state index in [0.717, 1.165) is 22.7 Å². The first-order valence-corrected chi connectivity index (χ1v) is 25.6. The van der Waals surface area contributed by atoms with Gasteiger partial charge in [-0.05, 0) is 139 Å². The van der Waals surface area contributed by atoms with Crippen molar-refractivity contribution in [2.75, 3.05) is 4.90 Å². The zero-order valence-electron chi connectivity index (χ0n) is 36.5. The van der Waals surface area contributed by atoms with Crippen LogP contribution < -0.4 is 15.3 Å². The molecule has 0 radical (unpaired) electrons. The summed E-state index contributed by atoms with van der Waals surface area (Å²) < 4.78 is 2.42. The molecule has 0 amide bonds. The lowest BCUT2D eigenvalue weighted by molar-refractivity contribution is 1.18. The van der Waals surface area contributed by atoms with Crippen LogP contribution in [0.3, 0.4) is 0 Å². The van der Waals surface area contributed by atoms with E-state index in [0.29, 0.717) is 0 Å². The molecule has 0 saturated heterocycles. The van der Waals surface area contributed by atoms with Crippen LogP contribution in [0.4, 0.5) is 17.1 Å². The van der Waals surface area contributed by atoms with Gasteiger partial charge in [-0.25, -0.2) is 0 Å². The van der Waals surface area contributed by atoms with Gasteiger partial charge in [0.1, 0.15) is 8.07 Å². The van der Waals surface area contributed by atoms with E-state index >= 15 is 0 Å².